The van der Waals surface area contributed by atoms with Gasteiger partial charge in [-0.1, -0.05) is 11.6 Å². The summed E-state index contributed by atoms with van der Waals surface area (Å²) in [6.07, 6.45) is 0.832. The largest absolute Gasteiger partial charge is 0.382 e. The minimum Gasteiger partial charge on any atom is -0.382 e. The number of aryl methyl sites for hydroxylation is 1. The van der Waals surface area contributed by atoms with Crippen molar-refractivity contribution in [1.29, 1.82) is 0 Å². The van der Waals surface area contributed by atoms with Gasteiger partial charge in [-0.25, -0.2) is 8.42 Å². The smallest absolute Gasteiger partial charge is 0.261 e. The predicted octanol–water partition coefficient (Wildman–Crippen LogP) is 3.81. The molecule has 0 saturated heterocycles. The summed E-state index contributed by atoms with van der Waals surface area (Å²) in [6, 6.07) is 10.6. The van der Waals surface area contributed by atoms with Gasteiger partial charge in [0, 0.05) is 16.8 Å². The molecule has 0 aromatic heterocycles. The molecule has 2 N–H and O–H groups in total. The van der Waals surface area contributed by atoms with E-state index >= 15 is 0 Å². The van der Waals surface area contributed by atoms with E-state index in [2.05, 4.69) is 17.0 Å². The Morgan fingerprint density at radius 2 is 2.00 bits per heavy atom. The highest BCUT2D eigenvalue weighted by Gasteiger charge is 2.21. The standard InChI is InChI=1S/C16H17ClN2O2S/c1-10-7-13(17)3-5-15(10)19-22(20,21)14-4-6-16-12(9-14)8-11(2)18-16/h3-7,9,11,18-19H,8H2,1-2H3. The molecule has 2 aromatic rings. The molecule has 0 spiro atoms. The van der Waals surface area contributed by atoms with E-state index in [1.54, 1.807) is 30.3 Å². The van der Waals surface area contributed by atoms with Gasteiger partial charge in [-0.2, -0.15) is 0 Å². The molecule has 3 rings (SSSR count). The highest BCUT2D eigenvalue weighted by Crippen LogP contribution is 2.29. The van der Waals surface area contributed by atoms with E-state index in [9.17, 15) is 8.42 Å². The maximum atomic E-state index is 12.6. The Kier molecular flexibility index (Phi) is 3.78. The van der Waals surface area contributed by atoms with Crippen molar-refractivity contribution in [3.05, 3.63) is 52.5 Å². The number of anilines is 2. The average molecular weight is 337 g/mol. The lowest BCUT2D eigenvalue weighted by Crippen LogP contribution is -2.14. The van der Waals surface area contributed by atoms with E-state index in [1.807, 2.05) is 13.0 Å². The van der Waals surface area contributed by atoms with Gasteiger partial charge in [-0.05, 0) is 67.8 Å². The third-order valence-electron chi connectivity index (χ3n) is 3.75. The first-order valence-electron chi connectivity index (χ1n) is 7.03. The van der Waals surface area contributed by atoms with Crippen molar-refractivity contribution >= 4 is 33.0 Å². The maximum Gasteiger partial charge on any atom is 0.261 e. The van der Waals surface area contributed by atoms with Crippen LogP contribution in [0.3, 0.4) is 0 Å². The van der Waals surface area contributed by atoms with Gasteiger partial charge in [0.1, 0.15) is 0 Å². The summed E-state index contributed by atoms with van der Waals surface area (Å²) in [6.45, 7) is 3.89. The Morgan fingerprint density at radius 1 is 1.23 bits per heavy atom. The number of sulfonamides is 1. The number of hydrogen-bond donors (Lipinski definition) is 2. The van der Waals surface area contributed by atoms with Gasteiger partial charge in [0.2, 0.25) is 0 Å². The van der Waals surface area contributed by atoms with Crippen LogP contribution in [0.4, 0.5) is 11.4 Å². The van der Waals surface area contributed by atoms with E-state index in [0.29, 0.717) is 16.8 Å². The Hall–Kier alpha value is -1.72. The van der Waals surface area contributed by atoms with Crippen LogP contribution in [0, 0.1) is 6.92 Å². The first-order valence-corrected chi connectivity index (χ1v) is 8.90. The molecule has 0 fully saturated rings. The van der Waals surface area contributed by atoms with Crippen molar-refractivity contribution in [3.8, 4) is 0 Å². The highest BCUT2D eigenvalue weighted by atomic mass is 35.5. The molecule has 22 heavy (non-hydrogen) atoms. The number of benzene rings is 2. The van der Waals surface area contributed by atoms with E-state index in [0.717, 1.165) is 23.2 Å². The van der Waals surface area contributed by atoms with Gasteiger partial charge < -0.3 is 5.32 Å². The lowest BCUT2D eigenvalue weighted by Gasteiger charge is -2.11. The molecule has 1 aliphatic heterocycles. The van der Waals surface area contributed by atoms with Crippen LogP contribution in [0.5, 0.6) is 0 Å². The molecule has 116 valence electrons. The Balaban J connectivity index is 1.92. The molecule has 2 aromatic carbocycles. The van der Waals surface area contributed by atoms with Crippen molar-refractivity contribution in [1.82, 2.24) is 0 Å². The second kappa shape index (κ2) is 5.48. The zero-order chi connectivity index (χ0) is 15.9. The fourth-order valence-corrected chi connectivity index (χ4v) is 4.05. The summed E-state index contributed by atoms with van der Waals surface area (Å²) in [5.74, 6) is 0. The number of halogens is 1. The van der Waals surface area contributed by atoms with Gasteiger partial charge in [-0.15, -0.1) is 0 Å². The zero-order valence-electron chi connectivity index (χ0n) is 12.4. The quantitative estimate of drug-likeness (QED) is 0.896. The third kappa shape index (κ3) is 2.91. The van der Waals surface area contributed by atoms with Crippen LogP contribution in [-0.2, 0) is 16.4 Å². The Morgan fingerprint density at radius 3 is 2.73 bits per heavy atom. The first-order chi connectivity index (χ1) is 10.3. The van der Waals surface area contributed by atoms with Gasteiger partial charge in [0.05, 0.1) is 10.6 Å². The summed E-state index contributed by atoms with van der Waals surface area (Å²) < 4.78 is 27.7. The Labute approximate surface area is 135 Å². The fraction of sp³-hybridized carbons (Fsp3) is 0.250. The van der Waals surface area contributed by atoms with Gasteiger partial charge in [0.15, 0.2) is 0 Å². The van der Waals surface area contributed by atoms with Crippen molar-refractivity contribution < 1.29 is 8.42 Å². The van der Waals surface area contributed by atoms with Crippen molar-refractivity contribution in [3.63, 3.8) is 0 Å². The topological polar surface area (TPSA) is 58.2 Å². The minimum atomic E-state index is -3.61. The van der Waals surface area contributed by atoms with E-state index in [4.69, 9.17) is 11.6 Å². The molecule has 0 aliphatic carbocycles. The molecule has 1 unspecified atom stereocenters. The van der Waals surface area contributed by atoms with E-state index in [-0.39, 0.29) is 4.90 Å². The first kappa shape index (κ1) is 15.2. The average Bonchev–Trinajstić information content (AvgIpc) is 2.81. The van der Waals surface area contributed by atoms with Crippen LogP contribution in [0.15, 0.2) is 41.3 Å². The number of rotatable bonds is 3. The molecule has 1 heterocycles. The van der Waals surface area contributed by atoms with E-state index < -0.39 is 10.0 Å². The second-order valence-corrected chi connectivity index (χ2v) is 7.75. The third-order valence-corrected chi connectivity index (χ3v) is 5.35. The molecule has 0 bridgehead atoms. The maximum absolute atomic E-state index is 12.6. The monoisotopic (exact) mass is 336 g/mol. The SMILES string of the molecule is Cc1cc(Cl)ccc1NS(=O)(=O)c1ccc2c(c1)CC(C)N2. The molecule has 4 nitrogen and oxygen atoms in total. The summed E-state index contributed by atoms with van der Waals surface area (Å²) in [5.41, 5.74) is 3.36. The van der Waals surface area contributed by atoms with E-state index in [1.165, 1.54) is 0 Å². The number of nitrogens with one attached hydrogen (secondary N) is 2. The van der Waals surface area contributed by atoms with Gasteiger partial charge in [0.25, 0.3) is 10.0 Å². The minimum absolute atomic E-state index is 0.275. The summed E-state index contributed by atoms with van der Waals surface area (Å²) in [4.78, 5) is 0.275. The normalized spacial score (nSPS) is 17.0. The van der Waals surface area contributed by atoms with Crippen LogP contribution in [0.2, 0.25) is 5.02 Å². The molecular weight excluding hydrogens is 320 g/mol. The van der Waals surface area contributed by atoms with Crippen LogP contribution in [0.25, 0.3) is 0 Å². The molecule has 0 radical (unpaired) electrons. The molecule has 1 atom stereocenters. The Bertz CT molecular complexity index is 834. The zero-order valence-corrected chi connectivity index (χ0v) is 13.9. The van der Waals surface area contributed by atoms with Crippen LogP contribution in [-0.4, -0.2) is 14.5 Å². The van der Waals surface area contributed by atoms with Crippen molar-refractivity contribution in [2.45, 2.75) is 31.2 Å². The fourth-order valence-electron chi connectivity index (χ4n) is 2.64. The van der Waals surface area contributed by atoms with Crippen LogP contribution in [0.1, 0.15) is 18.1 Å². The molecule has 0 amide bonds. The summed E-state index contributed by atoms with van der Waals surface area (Å²) in [7, 11) is -3.61. The van der Waals surface area contributed by atoms with Gasteiger partial charge in [-0.3, -0.25) is 4.72 Å². The van der Waals surface area contributed by atoms with Crippen LogP contribution < -0.4 is 10.0 Å². The molecule has 6 heteroatoms. The molecule has 0 saturated carbocycles. The number of fused-ring (bicyclic) bond motifs is 1. The highest BCUT2D eigenvalue weighted by molar-refractivity contribution is 7.92. The second-order valence-electron chi connectivity index (χ2n) is 5.63. The summed E-state index contributed by atoms with van der Waals surface area (Å²) in [5, 5.41) is 3.89. The summed E-state index contributed by atoms with van der Waals surface area (Å²) >= 11 is 5.90. The lowest BCUT2D eigenvalue weighted by atomic mass is 10.1. The molecule has 1 aliphatic rings. The van der Waals surface area contributed by atoms with Crippen LogP contribution >= 0.6 is 11.6 Å². The molecular formula is C16H17ClN2O2S. The number of hydrogen-bond acceptors (Lipinski definition) is 3. The van der Waals surface area contributed by atoms with Crippen molar-refractivity contribution in [2.24, 2.45) is 0 Å². The predicted molar refractivity (Wildman–Crippen MR) is 90.2 cm³/mol. The van der Waals surface area contributed by atoms with Gasteiger partial charge >= 0.3 is 0 Å². The van der Waals surface area contributed by atoms with Crippen molar-refractivity contribution in [2.75, 3.05) is 10.0 Å². The lowest BCUT2D eigenvalue weighted by molar-refractivity contribution is 0.601.